The van der Waals surface area contributed by atoms with Gasteiger partial charge in [-0.3, -0.25) is 4.98 Å². The summed E-state index contributed by atoms with van der Waals surface area (Å²) < 4.78 is 0. The number of hydrogen-bond acceptors (Lipinski definition) is 3. The predicted octanol–water partition coefficient (Wildman–Crippen LogP) is 2.52. The molecule has 3 nitrogen and oxygen atoms in total. The van der Waals surface area contributed by atoms with Crippen molar-refractivity contribution < 1.29 is 0 Å². The Bertz CT molecular complexity index is 409. The fraction of sp³-hybridized carbons (Fsp3) is 0.364. The maximum atomic E-state index is 4.17. The van der Waals surface area contributed by atoms with Crippen LogP contribution in [0.3, 0.4) is 0 Å². The Balaban J connectivity index is 2.54. The van der Waals surface area contributed by atoms with Crippen LogP contribution in [0.25, 0.3) is 0 Å². The van der Waals surface area contributed by atoms with Crippen LogP contribution in [0.5, 0.6) is 0 Å². The second kappa shape index (κ2) is 2.96. The van der Waals surface area contributed by atoms with Gasteiger partial charge in [0.1, 0.15) is 0 Å². The second-order valence-electron chi connectivity index (χ2n) is 4.28. The molecule has 0 bridgehead atoms. The Labute approximate surface area is 83.8 Å². The zero-order valence-corrected chi connectivity index (χ0v) is 8.65. The summed E-state index contributed by atoms with van der Waals surface area (Å²) in [6.07, 6.45) is 5.45. The first-order chi connectivity index (χ1) is 6.59. The van der Waals surface area contributed by atoms with Crippen LogP contribution in [-0.4, -0.2) is 16.4 Å². The van der Waals surface area contributed by atoms with E-state index in [9.17, 15) is 0 Å². The van der Waals surface area contributed by atoms with Gasteiger partial charge in [0.05, 0.1) is 23.8 Å². The zero-order valence-electron chi connectivity index (χ0n) is 8.65. The summed E-state index contributed by atoms with van der Waals surface area (Å²) in [5.41, 5.74) is 2.00. The third-order valence-corrected chi connectivity index (χ3v) is 2.13. The Hall–Kier alpha value is -1.60. The fourth-order valence-electron chi connectivity index (χ4n) is 1.44. The first kappa shape index (κ1) is 8.97. The standard InChI is InChI=1S/C11H13N3/c1-11(2,3)14-7-6-13-9-4-5-12-8-10(9)14/h4-5,7-8H,1-3H3. The summed E-state index contributed by atoms with van der Waals surface area (Å²) in [6.45, 7) is 6.44. The van der Waals surface area contributed by atoms with Gasteiger partial charge in [0.25, 0.3) is 0 Å². The van der Waals surface area contributed by atoms with Crippen molar-refractivity contribution in [2.75, 3.05) is 4.90 Å². The number of anilines is 1. The molecule has 2 rings (SSSR count). The van der Waals surface area contributed by atoms with Crippen LogP contribution in [0.2, 0.25) is 0 Å². The van der Waals surface area contributed by atoms with E-state index in [0.717, 1.165) is 11.4 Å². The first-order valence-electron chi connectivity index (χ1n) is 4.62. The third-order valence-electron chi connectivity index (χ3n) is 2.13. The molecular formula is C11H13N3. The highest BCUT2D eigenvalue weighted by Crippen LogP contribution is 2.33. The smallest absolute Gasteiger partial charge is 0.0998 e. The van der Waals surface area contributed by atoms with E-state index in [1.54, 1.807) is 6.20 Å². The van der Waals surface area contributed by atoms with Gasteiger partial charge >= 0.3 is 0 Å². The van der Waals surface area contributed by atoms with Crippen molar-refractivity contribution in [1.82, 2.24) is 4.98 Å². The van der Waals surface area contributed by atoms with Crippen LogP contribution in [0.4, 0.5) is 11.4 Å². The van der Waals surface area contributed by atoms with Gasteiger partial charge in [0.15, 0.2) is 0 Å². The number of nitrogens with zero attached hydrogens (tertiary/aromatic N) is 3. The van der Waals surface area contributed by atoms with Crippen LogP contribution in [0.15, 0.2) is 29.7 Å². The highest BCUT2D eigenvalue weighted by Gasteiger charge is 2.23. The van der Waals surface area contributed by atoms with E-state index in [2.05, 4.69) is 41.5 Å². The molecule has 1 aromatic rings. The van der Waals surface area contributed by atoms with E-state index in [4.69, 9.17) is 0 Å². The molecule has 72 valence electrons. The summed E-state index contributed by atoms with van der Waals surface area (Å²) in [7, 11) is 0. The van der Waals surface area contributed by atoms with Crippen molar-refractivity contribution in [1.29, 1.82) is 0 Å². The first-order valence-corrected chi connectivity index (χ1v) is 4.62. The second-order valence-corrected chi connectivity index (χ2v) is 4.28. The number of aliphatic imine (C=N–C) groups is 1. The average molecular weight is 187 g/mol. The van der Waals surface area contributed by atoms with E-state index in [1.807, 2.05) is 18.5 Å². The number of aromatic nitrogens is 1. The van der Waals surface area contributed by atoms with E-state index in [0.29, 0.717) is 0 Å². The number of fused-ring (bicyclic) bond motifs is 1. The molecule has 3 heteroatoms. The van der Waals surface area contributed by atoms with Gasteiger partial charge in [-0.15, -0.1) is 0 Å². The highest BCUT2D eigenvalue weighted by molar-refractivity contribution is 5.79. The largest absolute Gasteiger partial charge is 0.331 e. The summed E-state index contributed by atoms with van der Waals surface area (Å²) >= 11 is 0. The monoisotopic (exact) mass is 187 g/mol. The van der Waals surface area contributed by atoms with Crippen molar-refractivity contribution in [2.24, 2.45) is 4.99 Å². The van der Waals surface area contributed by atoms with E-state index in [-0.39, 0.29) is 5.54 Å². The molecule has 0 unspecified atom stereocenters. The quantitative estimate of drug-likeness (QED) is 0.624. The molecule has 0 N–H and O–H groups in total. The van der Waals surface area contributed by atoms with Gasteiger partial charge in [-0.2, -0.15) is 0 Å². The molecule has 0 spiro atoms. The highest BCUT2D eigenvalue weighted by atomic mass is 15.2. The van der Waals surface area contributed by atoms with Crippen molar-refractivity contribution in [2.45, 2.75) is 26.3 Å². The van der Waals surface area contributed by atoms with Crippen LogP contribution in [0.1, 0.15) is 20.8 Å². The maximum Gasteiger partial charge on any atom is 0.0998 e. The number of pyridine rings is 1. The molecule has 0 saturated carbocycles. The molecule has 0 saturated heterocycles. The van der Waals surface area contributed by atoms with Crippen LogP contribution < -0.4 is 4.90 Å². The molecule has 0 aromatic carbocycles. The topological polar surface area (TPSA) is 28.5 Å². The Morgan fingerprint density at radius 3 is 2.86 bits per heavy atom. The van der Waals surface area contributed by atoms with Crippen molar-refractivity contribution in [3.05, 3.63) is 24.7 Å². The third kappa shape index (κ3) is 1.42. The number of rotatable bonds is 0. The lowest BCUT2D eigenvalue weighted by Crippen LogP contribution is -2.38. The minimum atomic E-state index is 0.0285. The molecule has 0 aliphatic carbocycles. The van der Waals surface area contributed by atoms with E-state index < -0.39 is 0 Å². The molecule has 0 fully saturated rings. The average Bonchev–Trinajstić information content (AvgIpc) is 2.15. The van der Waals surface area contributed by atoms with Crippen molar-refractivity contribution >= 4 is 17.2 Å². The van der Waals surface area contributed by atoms with Crippen LogP contribution in [-0.2, 0) is 0 Å². The summed E-state index contributed by atoms with van der Waals surface area (Å²) in [6, 6.07) is 1.90. The molecule has 0 atom stereocenters. The lowest BCUT2D eigenvalue weighted by Gasteiger charge is -2.35. The van der Waals surface area contributed by atoms with Crippen LogP contribution in [0, 0.1) is 0 Å². The minimum Gasteiger partial charge on any atom is -0.331 e. The van der Waals surface area contributed by atoms with Crippen molar-refractivity contribution in [3.8, 4) is 0 Å². The van der Waals surface area contributed by atoms with Crippen LogP contribution >= 0.6 is 0 Å². The van der Waals surface area contributed by atoms with E-state index >= 15 is 0 Å². The Morgan fingerprint density at radius 1 is 1.36 bits per heavy atom. The molecule has 0 radical (unpaired) electrons. The van der Waals surface area contributed by atoms with Gasteiger partial charge in [-0.05, 0) is 26.8 Å². The van der Waals surface area contributed by atoms with Gasteiger partial charge in [-0.25, -0.2) is 4.99 Å². The molecule has 14 heavy (non-hydrogen) atoms. The molecule has 1 aliphatic heterocycles. The van der Waals surface area contributed by atoms with E-state index in [1.165, 1.54) is 0 Å². The maximum absolute atomic E-state index is 4.17. The zero-order chi connectivity index (χ0) is 10.2. The summed E-state index contributed by atoms with van der Waals surface area (Å²) in [5, 5.41) is 0. The molecule has 2 heterocycles. The van der Waals surface area contributed by atoms with Gasteiger partial charge in [-0.1, -0.05) is 0 Å². The Kier molecular flexibility index (Phi) is 1.90. The molecule has 1 aliphatic rings. The van der Waals surface area contributed by atoms with Crippen molar-refractivity contribution in [3.63, 3.8) is 0 Å². The predicted molar refractivity (Wildman–Crippen MR) is 58.1 cm³/mol. The lowest BCUT2D eigenvalue weighted by molar-refractivity contribution is 0.556. The van der Waals surface area contributed by atoms with Gasteiger partial charge in [0.2, 0.25) is 0 Å². The Morgan fingerprint density at radius 2 is 2.14 bits per heavy atom. The SMILES string of the molecule is CC(C)(C)N1C=C=Nc2ccncc21. The van der Waals surface area contributed by atoms with Gasteiger partial charge < -0.3 is 4.90 Å². The normalized spacial score (nSPS) is 14.4. The molecular weight excluding hydrogens is 174 g/mol. The molecule has 1 aromatic heterocycles. The van der Waals surface area contributed by atoms with Gasteiger partial charge in [0, 0.05) is 17.6 Å². The summed E-state index contributed by atoms with van der Waals surface area (Å²) in [5.74, 6) is 2.90. The summed E-state index contributed by atoms with van der Waals surface area (Å²) in [4.78, 5) is 10.4. The minimum absolute atomic E-state index is 0.0285. The number of hydrogen-bond donors (Lipinski definition) is 0. The lowest BCUT2D eigenvalue weighted by atomic mass is 10.1. The fourth-order valence-corrected chi connectivity index (χ4v) is 1.44. The molecule has 0 amide bonds.